The number of carbonyl (C=O) groups excluding carboxylic acids is 1. The minimum absolute atomic E-state index is 0. The Morgan fingerprint density at radius 2 is 1.92 bits per heavy atom. The van der Waals surface area contributed by atoms with Crippen LogP contribution in [0.4, 0.5) is 0 Å². The number of aliphatic hydroxyl groups excluding tert-OH is 1. The van der Waals surface area contributed by atoms with E-state index in [4.69, 9.17) is 5.73 Å². The van der Waals surface area contributed by atoms with Gasteiger partial charge >= 0.3 is 0 Å². The molecular formula is C7H17ClN2O2. The van der Waals surface area contributed by atoms with Crippen LogP contribution in [0.3, 0.4) is 0 Å². The highest BCUT2D eigenvalue weighted by Crippen LogP contribution is 2.04. The lowest BCUT2D eigenvalue weighted by atomic mass is 10.2. The third-order valence-corrected chi connectivity index (χ3v) is 1.55. The summed E-state index contributed by atoms with van der Waals surface area (Å²) in [5.41, 5.74) is 5.33. The normalized spacial score (nSPS) is 16.1. The standard InChI is InChI=1S/C7H17N2O2.ClH/c1-9(2,3)7(11)4-6(8)5-10;/h5-7,11H,4,8H2,1-3H3;1H/q+1;/p-1/t6-,7-;/m1./s1. The third kappa shape index (κ3) is 5.49. The van der Waals surface area contributed by atoms with Gasteiger partial charge in [-0.25, -0.2) is 0 Å². The fourth-order valence-corrected chi connectivity index (χ4v) is 0.615. The van der Waals surface area contributed by atoms with Crippen LogP contribution in [0.15, 0.2) is 0 Å². The van der Waals surface area contributed by atoms with Crippen molar-refractivity contribution in [2.75, 3.05) is 21.1 Å². The van der Waals surface area contributed by atoms with E-state index in [1.165, 1.54) is 0 Å². The lowest BCUT2D eigenvalue weighted by Crippen LogP contribution is -3.00. The van der Waals surface area contributed by atoms with Gasteiger partial charge in [0, 0.05) is 6.42 Å². The lowest BCUT2D eigenvalue weighted by molar-refractivity contribution is -0.919. The zero-order valence-corrected chi connectivity index (χ0v) is 8.45. The zero-order valence-electron chi connectivity index (χ0n) is 7.70. The average Bonchev–Trinajstić information content (AvgIpc) is 1.85. The fourth-order valence-electron chi connectivity index (χ4n) is 0.615. The molecule has 3 N–H and O–H groups in total. The Hall–Kier alpha value is -0.160. The van der Waals surface area contributed by atoms with E-state index in [1.54, 1.807) is 0 Å². The second-order valence-electron chi connectivity index (χ2n) is 3.63. The van der Waals surface area contributed by atoms with Gasteiger partial charge in [0.05, 0.1) is 27.2 Å². The van der Waals surface area contributed by atoms with Crippen LogP contribution < -0.4 is 18.1 Å². The summed E-state index contributed by atoms with van der Waals surface area (Å²) >= 11 is 0. The molecule has 0 heterocycles. The molecule has 74 valence electrons. The van der Waals surface area contributed by atoms with Gasteiger partial charge in [-0.15, -0.1) is 0 Å². The summed E-state index contributed by atoms with van der Waals surface area (Å²) in [5.74, 6) is 0. The number of aldehydes is 1. The minimum atomic E-state index is -0.574. The first-order chi connectivity index (χ1) is 4.88. The van der Waals surface area contributed by atoms with Gasteiger partial charge in [-0.3, -0.25) is 0 Å². The number of rotatable bonds is 4. The van der Waals surface area contributed by atoms with Crippen LogP contribution in [0.5, 0.6) is 0 Å². The van der Waals surface area contributed by atoms with Gasteiger partial charge in [0.15, 0.2) is 6.23 Å². The molecule has 0 aliphatic rings. The van der Waals surface area contributed by atoms with E-state index in [9.17, 15) is 9.90 Å². The van der Waals surface area contributed by atoms with E-state index in [2.05, 4.69) is 0 Å². The third-order valence-electron chi connectivity index (χ3n) is 1.55. The number of nitrogens with zero attached hydrogens (tertiary/aromatic N) is 1. The Morgan fingerprint density at radius 1 is 1.50 bits per heavy atom. The number of carbonyl (C=O) groups is 1. The van der Waals surface area contributed by atoms with E-state index >= 15 is 0 Å². The summed E-state index contributed by atoms with van der Waals surface area (Å²) in [5, 5.41) is 9.42. The maximum atomic E-state index is 10.1. The average molecular weight is 197 g/mol. The molecule has 0 aromatic heterocycles. The quantitative estimate of drug-likeness (QED) is 0.273. The molecule has 12 heavy (non-hydrogen) atoms. The van der Waals surface area contributed by atoms with E-state index in [-0.39, 0.29) is 12.4 Å². The van der Waals surface area contributed by atoms with Crippen molar-refractivity contribution in [1.29, 1.82) is 0 Å². The predicted molar refractivity (Wildman–Crippen MR) is 42.7 cm³/mol. The summed E-state index contributed by atoms with van der Waals surface area (Å²) in [6.45, 7) is 0. The van der Waals surface area contributed by atoms with Gasteiger partial charge in [-0.1, -0.05) is 0 Å². The molecule has 0 saturated heterocycles. The van der Waals surface area contributed by atoms with Gasteiger partial charge in [0.1, 0.15) is 6.29 Å². The van der Waals surface area contributed by atoms with Gasteiger partial charge in [0.25, 0.3) is 0 Å². The summed E-state index contributed by atoms with van der Waals surface area (Å²) in [7, 11) is 5.55. The summed E-state index contributed by atoms with van der Waals surface area (Å²) in [6, 6.07) is -0.553. The Balaban J connectivity index is 0. The highest BCUT2D eigenvalue weighted by Gasteiger charge is 2.22. The van der Waals surface area contributed by atoms with Crippen LogP contribution in [-0.2, 0) is 4.79 Å². The lowest BCUT2D eigenvalue weighted by Gasteiger charge is -2.30. The van der Waals surface area contributed by atoms with Crippen LogP contribution in [0.1, 0.15) is 6.42 Å². The molecule has 0 rings (SSSR count). The van der Waals surface area contributed by atoms with Crippen molar-refractivity contribution in [3.63, 3.8) is 0 Å². The zero-order chi connectivity index (χ0) is 9.07. The first-order valence-electron chi connectivity index (χ1n) is 3.58. The Labute approximate surface area is 79.3 Å². The first-order valence-corrected chi connectivity index (χ1v) is 3.58. The summed E-state index contributed by atoms with van der Waals surface area (Å²) < 4.78 is 0.404. The molecule has 4 nitrogen and oxygen atoms in total. The molecule has 2 atom stereocenters. The molecule has 0 fully saturated rings. The summed E-state index contributed by atoms with van der Waals surface area (Å²) in [6.07, 6.45) is 0.390. The van der Waals surface area contributed by atoms with E-state index in [1.807, 2.05) is 21.1 Å². The summed E-state index contributed by atoms with van der Waals surface area (Å²) in [4.78, 5) is 10.1. The van der Waals surface area contributed by atoms with Crippen molar-refractivity contribution >= 4 is 6.29 Å². The maximum Gasteiger partial charge on any atom is 0.191 e. The van der Waals surface area contributed by atoms with Crippen molar-refractivity contribution in [3.05, 3.63) is 0 Å². The van der Waals surface area contributed by atoms with Crippen LogP contribution in [0.25, 0.3) is 0 Å². The highest BCUT2D eigenvalue weighted by molar-refractivity contribution is 5.56. The monoisotopic (exact) mass is 196 g/mol. The molecular weight excluding hydrogens is 180 g/mol. The van der Waals surface area contributed by atoms with Crippen molar-refractivity contribution in [2.24, 2.45) is 5.73 Å². The van der Waals surface area contributed by atoms with Gasteiger partial charge in [0.2, 0.25) is 0 Å². The Bertz CT molecular complexity index is 136. The van der Waals surface area contributed by atoms with Crippen LogP contribution in [-0.4, -0.2) is 49.3 Å². The fraction of sp³-hybridized carbons (Fsp3) is 0.857. The van der Waals surface area contributed by atoms with E-state index < -0.39 is 12.3 Å². The molecule has 0 aromatic carbocycles. The molecule has 0 spiro atoms. The highest BCUT2D eigenvalue weighted by atomic mass is 35.5. The van der Waals surface area contributed by atoms with Gasteiger partial charge < -0.3 is 32.5 Å². The second-order valence-corrected chi connectivity index (χ2v) is 3.63. The smallest absolute Gasteiger partial charge is 0.191 e. The van der Waals surface area contributed by atoms with Crippen LogP contribution in [0, 0.1) is 0 Å². The van der Waals surface area contributed by atoms with Gasteiger partial charge in [-0.2, -0.15) is 0 Å². The van der Waals surface area contributed by atoms with E-state index in [0.29, 0.717) is 17.2 Å². The first kappa shape index (κ1) is 14.4. The van der Waals surface area contributed by atoms with Gasteiger partial charge in [-0.05, 0) is 0 Å². The van der Waals surface area contributed by atoms with E-state index in [0.717, 1.165) is 0 Å². The second kappa shape index (κ2) is 5.48. The number of hydrogen-bond donors (Lipinski definition) is 2. The van der Waals surface area contributed by atoms with Crippen molar-refractivity contribution in [1.82, 2.24) is 0 Å². The topological polar surface area (TPSA) is 63.3 Å². The van der Waals surface area contributed by atoms with Crippen LogP contribution in [0.2, 0.25) is 0 Å². The van der Waals surface area contributed by atoms with Crippen molar-refractivity contribution in [2.45, 2.75) is 18.7 Å². The van der Waals surface area contributed by atoms with Crippen molar-refractivity contribution in [3.8, 4) is 0 Å². The number of halogens is 1. The molecule has 0 saturated carbocycles. The maximum absolute atomic E-state index is 10.1. The number of quaternary nitrogens is 1. The molecule has 0 aromatic rings. The largest absolute Gasteiger partial charge is 1.00 e. The molecule has 0 radical (unpaired) electrons. The molecule has 0 aliphatic carbocycles. The number of hydrogen-bond acceptors (Lipinski definition) is 3. The van der Waals surface area contributed by atoms with Crippen LogP contribution >= 0.6 is 0 Å². The molecule has 5 heteroatoms. The number of aliphatic hydroxyl groups is 1. The molecule has 0 aliphatic heterocycles. The molecule has 0 unspecified atom stereocenters. The minimum Gasteiger partial charge on any atom is -1.00 e. The van der Waals surface area contributed by atoms with Crippen molar-refractivity contribution < 1.29 is 26.8 Å². The SMILES string of the molecule is C[N+](C)(C)[C@H](O)C[C@@H](N)C=O.[Cl-]. The predicted octanol–water partition coefficient (Wildman–Crippen LogP) is -4.07. The molecule has 0 amide bonds. The molecule has 0 bridgehead atoms. The number of nitrogens with two attached hydrogens (primary N) is 1. The Kier molecular flexibility index (Phi) is 6.56. The Morgan fingerprint density at radius 3 is 2.17 bits per heavy atom.